The van der Waals surface area contributed by atoms with Crippen LogP contribution in [0.3, 0.4) is 0 Å². The summed E-state index contributed by atoms with van der Waals surface area (Å²) < 4.78 is 11.6. The lowest BCUT2D eigenvalue weighted by Gasteiger charge is -2.07. The number of esters is 1. The largest absolute Gasteiger partial charge is 0.469 e. The van der Waals surface area contributed by atoms with Crippen LogP contribution in [0.2, 0.25) is 0 Å². The van der Waals surface area contributed by atoms with E-state index in [1.54, 1.807) is 20.8 Å². The molecule has 0 aliphatic heterocycles. The van der Waals surface area contributed by atoms with Gasteiger partial charge in [0.2, 0.25) is 11.7 Å². The zero-order valence-electron chi connectivity index (χ0n) is 15.1. The number of carbonyl (C=O) groups excluding carboxylic acids is 2. The number of halogens is 1. The fourth-order valence-electron chi connectivity index (χ4n) is 2.86. The summed E-state index contributed by atoms with van der Waals surface area (Å²) in [5.41, 5.74) is 2.57. The topological polar surface area (TPSA) is 94.2 Å². The Bertz CT molecular complexity index is 1030. The molecule has 0 saturated carbocycles. The highest BCUT2D eigenvalue weighted by Crippen LogP contribution is 2.25. The minimum Gasteiger partial charge on any atom is -0.469 e. The van der Waals surface area contributed by atoms with Gasteiger partial charge in [-0.05, 0) is 44.5 Å². The molecule has 0 amide bonds. The number of nitrogens with one attached hydrogen (secondary N) is 1. The highest BCUT2D eigenvalue weighted by atomic mass is 79.9. The summed E-state index contributed by atoms with van der Waals surface area (Å²) in [5.74, 6) is -0.413. The summed E-state index contributed by atoms with van der Waals surface area (Å²) in [4.78, 5) is 36.0. The summed E-state index contributed by atoms with van der Waals surface area (Å²) in [7, 11) is 0. The molecular weight excluding hydrogens is 414 g/mol. The number of ketones is 1. The number of hydrogen-bond acceptors (Lipinski definition) is 6. The van der Waals surface area contributed by atoms with Crippen molar-refractivity contribution >= 4 is 38.6 Å². The molecule has 2 heterocycles. The first-order chi connectivity index (χ1) is 12.9. The molecule has 0 saturated heterocycles. The first kappa shape index (κ1) is 19.0. The number of hydrogen-bond donors (Lipinski definition) is 1. The van der Waals surface area contributed by atoms with Gasteiger partial charge in [0.1, 0.15) is 6.33 Å². The van der Waals surface area contributed by atoms with E-state index in [1.807, 2.05) is 18.2 Å². The summed E-state index contributed by atoms with van der Waals surface area (Å²) in [6.07, 6.45) is 1.39. The second-order valence-corrected chi connectivity index (χ2v) is 6.81. The van der Waals surface area contributed by atoms with Crippen molar-refractivity contribution in [3.8, 4) is 5.88 Å². The summed E-state index contributed by atoms with van der Waals surface area (Å²) >= 11 is 3.40. The van der Waals surface area contributed by atoms with Crippen LogP contribution in [0.25, 0.3) is 10.9 Å². The smallest absolute Gasteiger partial charge is 0.340 e. The first-order valence-electron chi connectivity index (χ1n) is 8.35. The van der Waals surface area contributed by atoms with Crippen molar-refractivity contribution in [3.05, 3.63) is 51.5 Å². The zero-order chi connectivity index (χ0) is 19.6. The lowest BCUT2D eigenvalue weighted by atomic mass is 10.1. The molecule has 140 valence electrons. The minimum absolute atomic E-state index is 0.221. The van der Waals surface area contributed by atoms with Gasteiger partial charge in [-0.25, -0.2) is 14.8 Å². The molecule has 1 N–H and O–H groups in total. The minimum atomic E-state index is -0.449. The second-order valence-electron chi connectivity index (χ2n) is 5.90. The maximum Gasteiger partial charge on any atom is 0.340 e. The normalized spacial score (nSPS) is 10.8. The van der Waals surface area contributed by atoms with Gasteiger partial charge in [0.25, 0.3) is 0 Å². The molecule has 0 aliphatic rings. The maximum atomic E-state index is 12.6. The molecule has 0 bridgehead atoms. The lowest BCUT2D eigenvalue weighted by molar-refractivity contribution is 0.0525. The van der Waals surface area contributed by atoms with Crippen LogP contribution in [0, 0.1) is 13.8 Å². The van der Waals surface area contributed by atoms with Crippen LogP contribution in [0.15, 0.2) is 29.0 Å². The average Bonchev–Trinajstić information content (AvgIpc) is 2.94. The molecule has 2 aromatic heterocycles. The molecule has 7 nitrogen and oxygen atoms in total. The third kappa shape index (κ3) is 3.85. The number of aromatic nitrogens is 3. The highest BCUT2D eigenvalue weighted by molar-refractivity contribution is 9.10. The average molecular weight is 432 g/mol. The number of aromatic amines is 1. The number of rotatable bonds is 6. The van der Waals surface area contributed by atoms with Gasteiger partial charge in [-0.1, -0.05) is 15.9 Å². The van der Waals surface area contributed by atoms with Crippen LogP contribution >= 0.6 is 15.9 Å². The van der Waals surface area contributed by atoms with E-state index in [0.29, 0.717) is 39.3 Å². The van der Waals surface area contributed by atoms with Gasteiger partial charge >= 0.3 is 5.97 Å². The Kier molecular flexibility index (Phi) is 5.55. The highest BCUT2D eigenvalue weighted by Gasteiger charge is 2.23. The van der Waals surface area contributed by atoms with Gasteiger partial charge in [0, 0.05) is 10.2 Å². The van der Waals surface area contributed by atoms with Gasteiger partial charge in [-0.3, -0.25) is 4.79 Å². The van der Waals surface area contributed by atoms with E-state index in [1.165, 1.54) is 6.33 Å². The van der Waals surface area contributed by atoms with Gasteiger partial charge in [0.15, 0.2) is 6.61 Å². The number of fused-ring (bicyclic) bond motifs is 1. The van der Waals surface area contributed by atoms with Gasteiger partial charge in [-0.2, -0.15) is 0 Å². The van der Waals surface area contributed by atoms with Gasteiger partial charge < -0.3 is 14.5 Å². The van der Waals surface area contributed by atoms with Gasteiger partial charge in [-0.15, -0.1) is 0 Å². The van der Waals surface area contributed by atoms with E-state index in [4.69, 9.17) is 9.47 Å². The van der Waals surface area contributed by atoms with Crippen molar-refractivity contribution in [2.24, 2.45) is 0 Å². The molecule has 0 unspecified atom stereocenters. The third-order valence-electron chi connectivity index (χ3n) is 4.10. The Morgan fingerprint density at radius 1 is 1.22 bits per heavy atom. The van der Waals surface area contributed by atoms with Crippen LogP contribution in [-0.4, -0.2) is 39.9 Å². The van der Waals surface area contributed by atoms with Crippen LogP contribution in [-0.2, 0) is 4.74 Å². The van der Waals surface area contributed by atoms with Crippen LogP contribution in [0.5, 0.6) is 5.88 Å². The Morgan fingerprint density at radius 3 is 2.74 bits per heavy atom. The van der Waals surface area contributed by atoms with Crippen molar-refractivity contribution in [1.82, 2.24) is 15.0 Å². The molecule has 27 heavy (non-hydrogen) atoms. The number of ether oxygens (including phenoxy) is 2. The second kappa shape index (κ2) is 7.87. The number of nitrogens with zero attached hydrogens (tertiary/aromatic N) is 2. The van der Waals surface area contributed by atoms with Crippen LogP contribution in [0.4, 0.5) is 0 Å². The van der Waals surface area contributed by atoms with Crippen molar-refractivity contribution < 1.29 is 19.1 Å². The molecule has 0 atom stereocenters. The van der Waals surface area contributed by atoms with Crippen molar-refractivity contribution in [2.45, 2.75) is 20.8 Å². The monoisotopic (exact) mass is 431 g/mol. The molecule has 0 aliphatic carbocycles. The zero-order valence-corrected chi connectivity index (χ0v) is 16.7. The number of H-pyrrole nitrogens is 1. The van der Waals surface area contributed by atoms with Crippen LogP contribution < -0.4 is 4.74 Å². The quantitative estimate of drug-likeness (QED) is 0.471. The SMILES string of the molecule is CCOC(=O)c1c(C)[nH]c(C(=O)COc2ncnc3ccc(Br)cc23)c1C. The Balaban J connectivity index is 1.82. The number of Topliss-reactive ketones (excluding diaryl/α,β-unsaturated/α-hetero) is 1. The summed E-state index contributed by atoms with van der Waals surface area (Å²) in [6.45, 7) is 5.22. The van der Waals surface area contributed by atoms with E-state index in [9.17, 15) is 9.59 Å². The van der Waals surface area contributed by atoms with Gasteiger partial charge in [0.05, 0.1) is 28.8 Å². The van der Waals surface area contributed by atoms with E-state index < -0.39 is 5.97 Å². The Hall–Kier alpha value is -2.74. The number of benzene rings is 1. The predicted octanol–water partition coefficient (Wildman–Crippen LogP) is 3.78. The predicted molar refractivity (Wildman–Crippen MR) is 103 cm³/mol. The summed E-state index contributed by atoms with van der Waals surface area (Å²) in [5, 5.41) is 0.700. The van der Waals surface area contributed by atoms with Crippen LogP contribution in [0.1, 0.15) is 39.0 Å². The molecular formula is C19H18BrN3O4. The Labute approximate surface area is 164 Å². The van der Waals surface area contributed by atoms with Crippen molar-refractivity contribution in [3.63, 3.8) is 0 Å². The fraction of sp³-hybridized carbons (Fsp3) is 0.263. The molecule has 8 heteroatoms. The number of carbonyl (C=O) groups is 2. The fourth-order valence-corrected chi connectivity index (χ4v) is 3.23. The Morgan fingerprint density at radius 2 is 2.00 bits per heavy atom. The lowest BCUT2D eigenvalue weighted by Crippen LogP contribution is -2.14. The molecule has 3 rings (SSSR count). The van der Waals surface area contributed by atoms with E-state index in [0.717, 1.165) is 4.47 Å². The van der Waals surface area contributed by atoms with Crippen molar-refractivity contribution in [2.75, 3.05) is 13.2 Å². The van der Waals surface area contributed by atoms with E-state index in [-0.39, 0.29) is 19.0 Å². The first-order valence-corrected chi connectivity index (χ1v) is 9.14. The van der Waals surface area contributed by atoms with E-state index in [2.05, 4.69) is 30.9 Å². The third-order valence-corrected chi connectivity index (χ3v) is 4.59. The standard InChI is InChI=1S/C19H18BrN3O4/c1-4-26-19(25)16-10(2)17(23-11(16)3)15(24)8-27-18-13-7-12(20)5-6-14(13)21-9-22-18/h5-7,9,23H,4,8H2,1-3H3. The summed E-state index contributed by atoms with van der Waals surface area (Å²) in [6, 6.07) is 5.53. The molecule has 1 aromatic carbocycles. The molecule has 0 spiro atoms. The number of aryl methyl sites for hydroxylation is 1. The van der Waals surface area contributed by atoms with E-state index >= 15 is 0 Å². The molecule has 0 radical (unpaired) electrons. The maximum absolute atomic E-state index is 12.6. The van der Waals surface area contributed by atoms with Crippen molar-refractivity contribution in [1.29, 1.82) is 0 Å². The molecule has 0 fully saturated rings. The molecule has 3 aromatic rings.